The van der Waals surface area contributed by atoms with E-state index in [1.54, 1.807) is 0 Å². The van der Waals surface area contributed by atoms with Gasteiger partial charge in [-0.05, 0) is 46.7 Å². The number of phosphoric acid groups is 1. The molecule has 1 aliphatic heterocycles. The minimum Gasteiger partial charge on any atom is -0.756 e. The van der Waals surface area contributed by atoms with Crippen molar-refractivity contribution in [3.05, 3.63) is 32.6 Å². The van der Waals surface area contributed by atoms with Crippen LogP contribution in [0, 0.1) is 6.92 Å². The fourth-order valence-electron chi connectivity index (χ4n) is 5.19. The number of hydrogen-bond donors (Lipinski definition) is 2. The maximum atomic E-state index is 12.7. The molecule has 2 heterocycles. The summed E-state index contributed by atoms with van der Waals surface area (Å²) < 4.78 is 29.2. The van der Waals surface area contributed by atoms with Crippen molar-refractivity contribution in [2.75, 3.05) is 52.4 Å². The molecule has 1 aliphatic rings. The summed E-state index contributed by atoms with van der Waals surface area (Å²) in [6, 6.07) is 0. The van der Waals surface area contributed by atoms with Crippen LogP contribution in [0.25, 0.3) is 0 Å². The highest BCUT2D eigenvalue weighted by Gasteiger charge is 2.40. The van der Waals surface area contributed by atoms with Crippen molar-refractivity contribution in [1.82, 2.24) is 14.5 Å². The average molecular weight is 591 g/mol. The molecule has 14 heteroatoms. The molecule has 0 aliphatic carbocycles. The predicted molar refractivity (Wildman–Crippen MR) is 148 cm³/mol. The number of H-pyrrole nitrogens is 1. The number of ether oxygens (including phenoxy) is 2. The van der Waals surface area contributed by atoms with Crippen molar-refractivity contribution in [2.24, 2.45) is 0 Å². The lowest BCUT2D eigenvalue weighted by Gasteiger charge is -2.37. The van der Waals surface area contributed by atoms with Gasteiger partial charge in [-0.3, -0.25) is 23.7 Å². The van der Waals surface area contributed by atoms with Crippen molar-refractivity contribution in [3.8, 4) is 0 Å². The molecule has 1 fully saturated rings. The first kappa shape index (κ1) is 34.3. The monoisotopic (exact) mass is 590 g/mol. The van der Waals surface area contributed by atoms with Gasteiger partial charge in [-0.25, -0.2) is 4.79 Å². The molecule has 0 spiro atoms. The quantitative estimate of drug-likeness (QED) is 0.110. The number of carbonyl (C=O) groups excluding carboxylic acids is 1. The van der Waals surface area contributed by atoms with Crippen LogP contribution >= 0.6 is 7.82 Å². The van der Waals surface area contributed by atoms with Crippen LogP contribution in [0.2, 0.25) is 0 Å². The largest absolute Gasteiger partial charge is 0.756 e. The number of quaternary nitrogens is 1. The number of carbonyl (C=O) groups is 1. The summed E-state index contributed by atoms with van der Waals surface area (Å²) in [7, 11) is -5.05. The lowest BCUT2D eigenvalue weighted by atomic mass is 10.1. The molecule has 1 aromatic heterocycles. The van der Waals surface area contributed by atoms with Crippen LogP contribution in [0.5, 0.6) is 0 Å². The maximum Gasteiger partial charge on any atom is 0.330 e. The van der Waals surface area contributed by atoms with Gasteiger partial charge in [0.05, 0.1) is 32.8 Å². The van der Waals surface area contributed by atoms with E-state index in [9.17, 15) is 23.8 Å². The van der Waals surface area contributed by atoms with Gasteiger partial charge in [-0.15, -0.1) is 0 Å². The van der Waals surface area contributed by atoms with Gasteiger partial charge < -0.3 is 33.2 Å². The molecular weight excluding hydrogens is 543 g/mol. The molecule has 4 atom stereocenters. The highest BCUT2D eigenvalue weighted by molar-refractivity contribution is 7.44. The molecule has 13 nitrogen and oxygen atoms in total. The van der Waals surface area contributed by atoms with Crippen molar-refractivity contribution < 1.29 is 37.6 Å². The molecule has 0 radical (unpaired) electrons. The summed E-state index contributed by atoms with van der Waals surface area (Å²) >= 11 is 0. The van der Waals surface area contributed by atoms with E-state index in [4.69, 9.17) is 14.4 Å². The Morgan fingerprint density at radius 3 is 2.45 bits per heavy atom. The van der Waals surface area contributed by atoms with Gasteiger partial charge >= 0.3 is 11.7 Å². The van der Waals surface area contributed by atoms with E-state index in [1.165, 1.54) is 13.1 Å². The molecule has 0 bridgehead atoms. The first-order valence-electron chi connectivity index (χ1n) is 14.3. The minimum absolute atomic E-state index is 0.0396. The van der Waals surface area contributed by atoms with E-state index in [2.05, 4.69) is 42.1 Å². The second-order valence-corrected chi connectivity index (χ2v) is 11.6. The Morgan fingerprint density at radius 2 is 1.85 bits per heavy atom. The molecule has 2 rings (SSSR count). The van der Waals surface area contributed by atoms with E-state index in [0.29, 0.717) is 6.42 Å². The van der Waals surface area contributed by atoms with E-state index >= 15 is 0 Å². The van der Waals surface area contributed by atoms with Gasteiger partial charge in [-0.2, -0.15) is 0 Å². The number of esters is 1. The van der Waals surface area contributed by atoms with Gasteiger partial charge in [0, 0.05) is 37.6 Å². The van der Waals surface area contributed by atoms with Gasteiger partial charge in [0.2, 0.25) is 0 Å². The Labute approximate surface area is 236 Å². The van der Waals surface area contributed by atoms with Crippen molar-refractivity contribution in [3.63, 3.8) is 0 Å². The predicted octanol–water partition coefficient (Wildman–Crippen LogP) is 1.28. The van der Waals surface area contributed by atoms with E-state index in [0.717, 1.165) is 67.7 Å². The lowest BCUT2D eigenvalue weighted by molar-refractivity contribution is -0.925. The molecule has 0 aromatic carbocycles. The van der Waals surface area contributed by atoms with Gasteiger partial charge in [0.1, 0.15) is 18.4 Å². The fourth-order valence-corrected chi connectivity index (χ4v) is 5.53. The third-order valence-electron chi connectivity index (χ3n) is 7.93. The smallest absolute Gasteiger partial charge is 0.330 e. The average Bonchev–Trinajstić information content (AvgIpc) is 3.30. The Balaban J connectivity index is 1.95. The van der Waals surface area contributed by atoms with Crippen LogP contribution in [0.3, 0.4) is 0 Å². The highest BCUT2D eigenvalue weighted by atomic mass is 31.2. The Bertz CT molecular complexity index is 1090. The Morgan fingerprint density at radius 1 is 1.20 bits per heavy atom. The summed E-state index contributed by atoms with van der Waals surface area (Å²) in [4.78, 5) is 61.5. The van der Waals surface area contributed by atoms with Crippen LogP contribution < -0.4 is 16.1 Å². The van der Waals surface area contributed by atoms with Crippen LogP contribution in [-0.4, -0.2) is 94.4 Å². The van der Waals surface area contributed by atoms with Crippen molar-refractivity contribution in [2.45, 2.75) is 85.2 Å². The summed E-state index contributed by atoms with van der Waals surface area (Å²) in [6.07, 6.45) is 1.28. The van der Waals surface area contributed by atoms with Crippen LogP contribution in [0.15, 0.2) is 15.8 Å². The third kappa shape index (κ3) is 10.5. The number of phosphoric ester groups is 1. The normalized spacial score (nSPS) is 21.1. The number of nitrogens with zero attached hydrogens (tertiary/aromatic N) is 3. The molecule has 0 amide bonds. The number of aryl methyl sites for hydroxylation is 1. The summed E-state index contributed by atoms with van der Waals surface area (Å²) in [6.45, 7) is 17.0. The summed E-state index contributed by atoms with van der Waals surface area (Å²) in [5.41, 5.74) is -0.973. The number of hydrogen-bond acceptors (Lipinski definition) is 9. The number of rotatable bonds is 18. The summed E-state index contributed by atoms with van der Waals surface area (Å²) in [5.74, 6) is -0.466. The molecule has 2 N–H and O–H groups in total. The first-order valence-corrected chi connectivity index (χ1v) is 15.8. The van der Waals surface area contributed by atoms with E-state index in [-0.39, 0.29) is 18.4 Å². The number of aromatic nitrogens is 2. The molecule has 0 saturated carbocycles. The standard InChI is InChI=1S/C26H47N4O9P/c1-6-28(7-2)14-12-16-30(8-3,9-4)15-11-10-13-24(31)39-21-17-23(38-22(21)19-37-40(34,35)36)29-18-20(5)25(32)27-26(29)33/h18,21-23H,6-17,19H2,1-5H3,(H2-,27,32,33,34,35,36). The zero-order chi connectivity index (χ0) is 29.9. The molecule has 4 unspecified atom stereocenters. The Hall–Kier alpha value is -1.86. The molecular formula is C26H47N4O9P. The first-order chi connectivity index (χ1) is 18.9. The topological polar surface area (TPSA) is 163 Å². The van der Waals surface area contributed by atoms with Gasteiger partial charge in [-0.1, -0.05) is 13.8 Å². The zero-order valence-corrected chi connectivity index (χ0v) is 25.4. The molecule has 1 saturated heterocycles. The minimum atomic E-state index is -5.05. The van der Waals surface area contributed by atoms with Gasteiger partial charge in [0.15, 0.2) is 0 Å². The van der Waals surface area contributed by atoms with Crippen LogP contribution in [-0.2, 0) is 23.4 Å². The maximum absolute atomic E-state index is 12.7. The Kier molecular flexibility index (Phi) is 13.7. The zero-order valence-electron chi connectivity index (χ0n) is 24.5. The second kappa shape index (κ2) is 16.0. The summed E-state index contributed by atoms with van der Waals surface area (Å²) in [5, 5.41) is 0. The fraction of sp³-hybridized carbons (Fsp3) is 0.808. The molecule has 1 aromatic rings. The number of nitrogens with one attached hydrogen (secondary N) is 1. The van der Waals surface area contributed by atoms with Crippen LogP contribution in [0.1, 0.15) is 71.6 Å². The molecule has 230 valence electrons. The van der Waals surface area contributed by atoms with Crippen LogP contribution in [0.4, 0.5) is 0 Å². The second-order valence-electron chi connectivity index (χ2n) is 10.4. The van der Waals surface area contributed by atoms with Gasteiger partial charge in [0.25, 0.3) is 13.4 Å². The van der Waals surface area contributed by atoms with Crippen molar-refractivity contribution >= 4 is 13.8 Å². The SMILES string of the molecule is CCN(CC)CCC[N+](CC)(CC)CCCCC(=O)OC1CC(n2cc(C)c(=O)[nH]c2=O)OC1COP(=O)([O-])O. The lowest BCUT2D eigenvalue weighted by Crippen LogP contribution is -2.49. The third-order valence-corrected chi connectivity index (χ3v) is 8.40. The number of unbranched alkanes of at least 4 members (excludes halogenated alkanes) is 1. The van der Waals surface area contributed by atoms with Crippen molar-refractivity contribution in [1.29, 1.82) is 0 Å². The number of aromatic amines is 1. The van der Waals surface area contributed by atoms with E-state index in [1.807, 2.05) is 0 Å². The molecule has 40 heavy (non-hydrogen) atoms. The van der Waals surface area contributed by atoms with E-state index < -0.39 is 50.1 Å². The highest BCUT2D eigenvalue weighted by Crippen LogP contribution is 2.35.